The number of hydrogen-bond donors (Lipinski definition) is 2. The van der Waals surface area contributed by atoms with E-state index in [1.807, 2.05) is 6.92 Å². The average Bonchev–Trinajstić information content (AvgIpc) is 2.61. The van der Waals surface area contributed by atoms with Crippen LogP contribution >= 0.6 is 0 Å². The lowest BCUT2D eigenvalue weighted by atomic mass is 9.95. The zero-order chi connectivity index (χ0) is 18.5. The fourth-order valence-corrected chi connectivity index (χ4v) is 3.20. The van der Waals surface area contributed by atoms with Gasteiger partial charge in [-0.1, -0.05) is 0 Å². The molecule has 0 atom stereocenters. The van der Waals surface area contributed by atoms with Crippen LogP contribution in [0.1, 0.15) is 42.0 Å². The van der Waals surface area contributed by atoms with Crippen LogP contribution in [-0.4, -0.2) is 32.0 Å². The minimum atomic E-state index is -0.511. The van der Waals surface area contributed by atoms with E-state index >= 15 is 0 Å². The number of carbonyl (C=O) groups excluding carboxylic acids is 1. The highest BCUT2D eigenvalue weighted by Gasteiger charge is 2.15. The fourth-order valence-electron chi connectivity index (χ4n) is 3.20. The molecule has 2 N–H and O–H groups in total. The monoisotopic (exact) mass is 357 g/mol. The predicted octanol–water partition coefficient (Wildman–Crippen LogP) is 0.263. The van der Waals surface area contributed by atoms with Gasteiger partial charge in [0.15, 0.2) is 0 Å². The van der Waals surface area contributed by atoms with E-state index in [-0.39, 0.29) is 18.9 Å². The first-order valence-corrected chi connectivity index (χ1v) is 8.94. The highest BCUT2D eigenvalue weighted by atomic mass is 16.2. The summed E-state index contributed by atoms with van der Waals surface area (Å²) in [6.07, 6.45) is 6.57. The Labute approximate surface area is 150 Å². The van der Waals surface area contributed by atoms with Crippen molar-refractivity contribution in [2.45, 2.75) is 52.0 Å². The molecule has 2 aromatic rings. The number of fused-ring (bicyclic) bond motifs is 1. The first-order valence-electron chi connectivity index (χ1n) is 8.94. The van der Waals surface area contributed by atoms with Crippen LogP contribution in [0.4, 0.5) is 0 Å². The number of H-pyrrole nitrogens is 1. The summed E-state index contributed by atoms with van der Waals surface area (Å²) >= 11 is 0. The molecular weight excluding hydrogens is 334 g/mol. The van der Waals surface area contributed by atoms with E-state index in [2.05, 4.69) is 20.3 Å². The zero-order valence-electron chi connectivity index (χ0n) is 14.9. The SMILES string of the molecule is Cc1nc(CCNC(=O)CCn2ccc(=O)[nH]c2=O)nc2c1CCCC2. The van der Waals surface area contributed by atoms with Crippen molar-refractivity contribution in [2.24, 2.45) is 0 Å². The van der Waals surface area contributed by atoms with E-state index in [9.17, 15) is 14.4 Å². The Balaban J connectivity index is 1.48. The number of amides is 1. The van der Waals surface area contributed by atoms with Crippen LogP contribution in [0.15, 0.2) is 21.9 Å². The minimum absolute atomic E-state index is 0.155. The van der Waals surface area contributed by atoms with Crippen molar-refractivity contribution in [3.05, 3.63) is 55.9 Å². The molecule has 0 unspecified atom stereocenters. The Bertz CT molecular complexity index is 916. The first-order chi connectivity index (χ1) is 12.5. The highest BCUT2D eigenvalue weighted by molar-refractivity contribution is 5.75. The third-order valence-corrected chi connectivity index (χ3v) is 4.58. The van der Waals surface area contributed by atoms with Crippen molar-refractivity contribution in [2.75, 3.05) is 6.54 Å². The molecule has 3 rings (SSSR count). The maximum absolute atomic E-state index is 11.9. The number of carbonyl (C=O) groups is 1. The van der Waals surface area contributed by atoms with E-state index < -0.39 is 11.2 Å². The lowest BCUT2D eigenvalue weighted by molar-refractivity contribution is -0.121. The number of hydrogen-bond acceptors (Lipinski definition) is 5. The van der Waals surface area contributed by atoms with Gasteiger partial charge in [-0.25, -0.2) is 14.8 Å². The van der Waals surface area contributed by atoms with Crippen LogP contribution in [0.5, 0.6) is 0 Å². The normalized spacial score (nSPS) is 13.3. The van der Waals surface area contributed by atoms with Gasteiger partial charge >= 0.3 is 5.69 Å². The molecule has 0 aliphatic heterocycles. The van der Waals surface area contributed by atoms with E-state index in [1.54, 1.807) is 0 Å². The van der Waals surface area contributed by atoms with Crippen LogP contribution in [0, 0.1) is 6.92 Å². The van der Waals surface area contributed by atoms with Gasteiger partial charge in [-0.15, -0.1) is 0 Å². The van der Waals surface area contributed by atoms with E-state index in [4.69, 9.17) is 0 Å². The standard InChI is InChI=1S/C18H23N5O3/c1-12-13-4-2-3-5-14(13)21-15(20-12)6-9-19-16(24)7-10-23-11-8-17(25)22-18(23)26/h8,11H,2-7,9-10H2,1H3,(H,19,24)(H,22,25,26). The molecule has 138 valence electrons. The van der Waals surface area contributed by atoms with Crippen LogP contribution in [-0.2, 0) is 30.6 Å². The minimum Gasteiger partial charge on any atom is -0.356 e. The second-order valence-electron chi connectivity index (χ2n) is 6.51. The Morgan fingerprint density at radius 1 is 1.27 bits per heavy atom. The molecule has 0 spiro atoms. The van der Waals surface area contributed by atoms with Crippen molar-refractivity contribution in [3.63, 3.8) is 0 Å². The number of nitrogens with one attached hydrogen (secondary N) is 2. The van der Waals surface area contributed by atoms with E-state index in [0.717, 1.165) is 30.1 Å². The number of aryl methyl sites for hydroxylation is 3. The van der Waals surface area contributed by atoms with Gasteiger partial charge in [0.1, 0.15) is 5.82 Å². The summed E-state index contributed by atoms with van der Waals surface area (Å²) in [5.41, 5.74) is 2.53. The van der Waals surface area contributed by atoms with Gasteiger partial charge in [-0.3, -0.25) is 14.6 Å². The summed E-state index contributed by atoms with van der Waals surface area (Å²) in [4.78, 5) is 45.9. The molecule has 0 bridgehead atoms. The van der Waals surface area contributed by atoms with E-state index in [0.29, 0.717) is 13.0 Å². The highest BCUT2D eigenvalue weighted by Crippen LogP contribution is 2.21. The van der Waals surface area contributed by atoms with Gasteiger partial charge in [-0.05, 0) is 38.2 Å². The van der Waals surface area contributed by atoms with Crippen molar-refractivity contribution >= 4 is 5.91 Å². The Morgan fingerprint density at radius 3 is 2.88 bits per heavy atom. The van der Waals surface area contributed by atoms with Crippen molar-refractivity contribution in [3.8, 4) is 0 Å². The lowest BCUT2D eigenvalue weighted by Gasteiger charge is -2.17. The van der Waals surface area contributed by atoms with Crippen molar-refractivity contribution in [1.29, 1.82) is 0 Å². The Kier molecular flexibility index (Phi) is 5.60. The molecule has 8 nitrogen and oxygen atoms in total. The average molecular weight is 357 g/mol. The molecule has 2 aromatic heterocycles. The van der Waals surface area contributed by atoms with Crippen molar-refractivity contribution in [1.82, 2.24) is 24.8 Å². The molecule has 0 saturated heterocycles. The molecule has 0 radical (unpaired) electrons. The van der Waals surface area contributed by atoms with Gasteiger partial charge in [0.25, 0.3) is 5.56 Å². The zero-order valence-corrected chi connectivity index (χ0v) is 14.9. The van der Waals surface area contributed by atoms with Gasteiger partial charge < -0.3 is 9.88 Å². The molecule has 0 fully saturated rings. The molecule has 2 heterocycles. The van der Waals surface area contributed by atoms with Crippen LogP contribution < -0.4 is 16.6 Å². The summed E-state index contributed by atoms with van der Waals surface area (Å²) in [6, 6.07) is 1.26. The van der Waals surface area contributed by atoms with Crippen LogP contribution in [0.3, 0.4) is 0 Å². The second kappa shape index (κ2) is 8.07. The maximum atomic E-state index is 11.9. The summed E-state index contributed by atoms with van der Waals surface area (Å²) in [5.74, 6) is 0.609. The molecule has 26 heavy (non-hydrogen) atoms. The summed E-state index contributed by atoms with van der Waals surface area (Å²) < 4.78 is 1.30. The van der Waals surface area contributed by atoms with Crippen molar-refractivity contribution < 1.29 is 4.79 Å². The first kappa shape index (κ1) is 18.0. The predicted molar refractivity (Wildman–Crippen MR) is 96.1 cm³/mol. The smallest absolute Gasteiger partial charge is 0.328 e. The third kappa shape index (κ3) is 4.44. The van der Waals surface area contributed by atoms with E-state index in [1.165, 1.54) is 35.2 Å². The number of rotatable bonds is 6. The van der Waals surface area contributed by atoms with Gasteiger partial charge in [0.2, 0.25) is 5.91 Å². The number of aromatic amines is 1. The Morgan fingerprint density at radius 2 is 2.08 bits per heavy atom. The molecule has 1 aliphatic carbocycles. The van der Waals surface area contributed by atoms with Gasteiger partial charge in [-0.2, -0.15) is 0 Å². The number of nitrogens with zero attached hydrogens (tertiary/aromatic N) is 3. The molecule has 0 saturated carbocycles. The topological polar surface area (TPSA) is 110 Å². The number of aromatic nitrogens is 4. The van der Waals surface area contributed by atoms with Gasteiger partial charge in [0, 0.05) is 49.6 Å². The summed E-state index contributed by atoms with van der Waals surface area (Å²) in [5, 5.41) is 2.83. The molecule has 1 aliphatic rings. The molecule has 0 aromatic carbocycles. The third-order valence-electron chi connectivity index (χ3n) is 4.58. The summed E-state index contributed by atoms with van der Waals surface area (Å²) in [6.45, 7) is 2.70. The molecule has 8 heteroatoms. The van der Waals surface area contributed by atoms with Crippen LogP contribution in [0.2, 0.25) is 0 Å². The van der Waals surface area contributed by atoms with Crippen LogP contribution in [0.25, 0.3) is 0 Å². The lowest BCUT2D eigenvalue weighted by Crippen LogP contribution is -2.32. The Hall–Kier alpha value is -2.77. The molecule has 1 amide bonds. The second-order valence-corrected chi connectivity index (χ2v) is 6.51. The fraction of sp³-hybridized carbons (Fsp3) is 0.500. The van der Waals surface area contributed by atoms with Gasteiger partial charge in [0.05, 0.1) is 0 Å². The largest absolute Gasteiger partial charge is 0.356 e. The summed E-state index contributed by atoms with van der Waals surface area (Å²) in [7, 11) is 0. The molecular formula is C18H23N5O3. The quantitative estimate of drug-likeness (QED) is 0.771. The maximum Gasteiger partial charge on any atom is 0.328 e.